The van der Waals surface area contributed by atoms with Crippen LogP contribution in [0.15, 0.2) is 12.3 Å². The van der Waals surface area contributed by atoms with Crippen LogP contribution in [0, 0.1) is 5.92 Å². The lowest BCUT2D eigenvalue weighted by molar-refractivity contribution is 0.247. The molecule has 3 rings (SSSR count). The van der Waals surface area contributed by atoms with Crippen molar-refractivity contribution in [2.75, 3.05) is 23.7 Å². The van der Waals surface area contributed by atoms with Gasteiger partial charge in [0.15, 0.2) is 5.82 Å². The number of aromatic amines is 1. The van der Waals surface area contributed by atoms with E-state index < -0.39 is 0 Å². The summed E-state index contributed by atoms with van der Waals surface area (Å²) < 4.78 is 0. The van der Waals surface area contributed by atoms with Crippen LogP contribution in [0.4, 0.5) is 16.4 Å². The van der Waals surface area contributed by atoms with Crippen LogP contribution in [0.2, 0.25) is 0 Å². The van der Waals surface area contributed by atoms with Crippen molar-refractivity contribution in [1.82, 2.24) is 20.5 Å². The molecule has 2 aromatic heterocycles. The minimum Gasteiger partial charge on any atom is -0.368 e. The molecule has 124 valence electrons. The summed E-state index contributed by atoms with van der Waals surface area (Å²) in [6.45, 7) is 3.55. The number of H-pyrrole nitrogens is 1. The number of urea groups is 1. The number of nitrogens with zero attached hydrogens (tertiary/aromatic N) is 2. The molecule has 1 aliphatic carbocycles. The Morgan fingerprint density at radius 1 is 1.35 bits per heavy atom. The lowest BCUT2D eigenvalue weighted by Gasteiger charge is -2.21. The van der Waals surface area contributed by atoms with E-state index in [1.54, 1.807) is 12.3 Å². The summed E-state index contributed by atoms with van der Waals surface area (Å²) in [4.78, 5) is 16.3. The fraction of sp³-hybridized carbons (Fsp3) is 0.562. The highest BCUT2D eigenvalue weighted by molar-refractivity contribution is 5.94. The number of amides is 2. The minimum atomic E-state index is -0.200. The van der Waals surface area contributed by atoms with Crippen molar-refractivity contribution in [3.63, 3.8) is 0 Å². The van der Waals surface area contributed by atoms with Crippen molar-refractivity contribution in [2.45, 2.75) is 39.0 Å². The van der Waals surface area contributed by atoms with Crippen molar-refractivity contribution in [1.29, 1.82) is 0 Å². The smallest absolute Gasteiger partial charge is 0.320 e. The summed E-state index contributed by atoms with van der Waals surface area (Å²) in [6.07, 6.45) is 8.03. The van der Waals surface area contributed by atoms with E-state index in [9.17, 15) is 4.79 Å². The number of aromatic nitrogens is 3. The normalized spacial score (nSPS) is 15.5. The van der Waals surface area contributed by atoms with Gasteiger partial charge in [-0.25, -0.2) is 9.78 Å². The van der Waals surface area contributed by atoms with Gasteiger partial charge in [0.2, 0.25) is 0 Å². The van der Waals surface area contributed by atoms with Gasteiger partial charge in [-0.2, -0.15) is 5.10 Å². The van der Waals surface area contributed by atoms with Crippen molar-refractivity contribution in [3.05, 3.63) is 12.3 Å². The van der Waals surface area contributed by atoms with Crippen molar-refractivity contribution in [3.8, 4) is 0 Å². The Hall–Kier alpha value is -2.31. The average Bonchev–Trinajstić information content (AvgIpc) is 2.97. The Bertz CT molecular complexity index is 662. The molecule has 0 aliphatic heterocycles. The molecular weight excluding hydrogens is 292 g/mol. The van der Waals surface area contributed by atoms with Gasteiger partial charge in [0.05, 0.1) is 10.9 Å². The summed E-state index contributed by atoms with van der Waals surface area (Å²) in [7, 11) is 0. The van der Waals surface area contributed by atoms with E-state index in [4.69, 9.17) is 0 Å². The first-order chi connectivity index (χ1) is 11.3. The molecule has 1 saturated carbocycles. The molecule has 2 amide bonds. The number of carbonyl (C=O) groups is 1. The van der Waals surface area contributed by atoms with Gasteiger partial charge in [-0.3, -0.25) is 10.4 Å². The maximum atomic E-state index is 12.0. The lowest BCUT2D eigenvalue weighted by atomic mass is 9.89. The molecule has 1 fully saturated rings. The SMILES string of the molecule is CCNc1n[nH]c2cc(NC(=O)NCC3CCCCC3)ncc12. The number of fused-ring (bicyclic) bond motifs is 1. The van der Waals surface area contributed by atoms with Gasteiger partial charge in [-0.05, 0) is 25.7 Å². The van der Waals surface area contributed by atoms with Crippen molar-refractivity contribution in [2.24, 2.45) is 5.92 Å². The highest BCUT2D eigenvalue weighted by Gasteiger charge is 2.14. The summed E-state index contributed by atoms with van der Waals surface area (Å²) >= 11 is 0. The monoisotopic (exact) mass is 316 g/mol. The molecule has 0 unspecified atom stereocenters. The standard InChI is InChI=1S/C16H24N6O/c1-2-17-15-12-10-18-14(8-13(12)21-22-15)20-16(23)19-9-11-6-4-3-5-7-11/h8,10-11H,2-7,9H2,1H3,(H2,17,21,22)(H2,18,19,20,23). The maximum Gasteiger partial charge on any atom is 0.320 e. The Morgan fingerprint density at radius 3 is 2.96 bits per heavy atom. The summed E-state index contributed by atoms with van der Waals surface area (Å²) in [5, 5.41) is 17.0. The number of anilines is 2. The predicted molar refractivity (Wildman–Crippen MR) is 91.6 cm³/mol. The van der Waals surface area contributed by atoms with Gasteiger partial charge in [0.25, 0.3) is 0 Å². The first kappa shape index (κ1) is 15.6. The zero-order valence-electron chi connectivity index (χ0n) is 13.5. The van der Waals surface area contributed by atoms with Crippen LogP contribution in [-0.2, 0) is 0 Å². The highest BCUT2D eigenvalue weighted by atomic mass is 16.2. The third kappa shape index (κ3) is 3.91. The number of hydrogen-bond acceptors (Lipinski definition) is 4. The molecule has 0 atom stereocenters. The molecule has 23 heavy (non-hydrogen) atoms. The van der Waals surface area contributed by atoms with E-state index in [0.717, 1.165) is 29.8 Å². The Balaban J connectivity index is 1.56. The van der Waals surface area contributed by atoms with E-state index in [1.807, 2.05) is 6.92 Å². The molecule has 2 heterocycles. The second kappa shape index (κ2) is 7.30. The van der Waals surface area contributed by atoms with Gasteiger partial charge in [0, 0.05) is 25.4 Å². The summed E-state index contributed by atoms with van der Waals surface area (Å²) in [5.74, 6) is 1.91. The van der Waals surface area contributed by atoms with E-state index >= 15 is 0 Å². The van der Waals surface area contributed by atoms with Crippen molar-refractivity contribution < 1.29 is 4.79 Å². The largest absolute Gasteiger partial charge is 0.368 e. The minimum absolute atomic E-state index is 0.200. The second-order valence-corrected chi connectivity index (χ2v) is 6.06. The van der Waals surface area contributed by atoms with E-state index in [-0.39, 0.29) is 6.03 Å². The number of nitrogens with one attached hydrogen (secondary N) is 4. The van der Waals surface area contributed by atoms with E-state index in [0.29, 0.717) is 11.7 Å². The fourth-order valence-electron chi connectivity index (χ4n) is 3.07. The fourth-order valence-corrected chi connectivity index (χ4v) is 3.07. The van der Waals surface area contributed by atoms with Crippen LogP contribution in [0.25, 0.3) is 10.9 Å². The van der Waals surface area contributed by atoms with Crippen LogP contribution in [0.5, 0.6) is 0 Å². The lowest BCUT2D eigenvalue weighted by Crippen LogP contribution is -2.33. The molecule has 7 nitrogen and oxygen atoms in total. The topological polar surface area (TPSA) is 94.7 Å². The molecule has 1 aliphatic rings. The third-order valence-corrected chi connectivity index (χ3v) is 4.31. The van der Waals surface area contributed by atoms with E-state index in [2.05, 4.69) is 31.1 Å². The van der Waals surface area contributed by atoms with Gasteiger partial charge < -0.3 is 10.6 Å². The quantitative estimate of drug-likeness (QED) is 0.682. The molecule has 7 heteroatoms. The molecular formula is C16H24N6O. The Morgan fingerprint density at radius 2 is 2.17 bits per heavy atom. The maximum absolute atomic E-state index is 12.0. The van der Waals surface area contributed by atoms with Gasteiger partial charge in [0.1, 0.15) is 5.82 Å². The molecule has 0 radical (unpaired) electrons. The first-order valence-corrected chi connectivity index (χ1v) is 8.39. The number of carbonyl (C=O) groups excluding carboxylic acids is 1. The summed E-state index contributed by atoms with van der Waals surface area (Å²) in [6, 6.07) is 1.59. The van der Waals surface area contributed by atoms with Crippen LogP contribution in [-0.4, -0.2) is 34.3 Å². The predicted octanol–water partition coefficient (Wildman–Crippen LogP) is 3.09. The number of hydrogen-bond donors (Lipinski definition) is 4. The number of rotatable bonds is 5. The molecule has 0 bridgehead atoms. The van der Waals surface area contributed by atoms with Crippen molar-refractivity contribution >= 4 is 28.6 Å². The average molecular weight is 316 g/mol. The molecule has 2 aromatic rings. The Labute approximate surface area is 135 Å². The van der Waals surface area contributed by atoms with Crippen LogP contribution in [0.1, 0.15) is 39.0 Å². The molecule has 4 N–H and O–H groups in total. The molecule has 0 saturated heterocycles. The van der Waals surface area contributed by atoms with Crippen LogP contribution < -0.4 is 16.0 Å². The van der Waals surface area contributed by atoms with E-state index in [1.165, 1.54) is 32.1 Å². The second-order valence-electron chi connectivity index (χ2n) is 6.06. The molecule has 0 aromatic carbocycles. The highest BCUT2D eigenvalue weighted by Crippen LogP contribution is 2.23. The van der Waals surface area contributed by atoms with Gasteiger partial charge >= 0.3 is 6.03 Å². The van der Waals surface area contributed by atoms with Gasteiger partial charge in [-0.1, -0.05) is 19.3 Å². The molecule has 0 spiro atoms. The van der Waals surface area contributed by atoms with Gasteiger partial charge in [-0.15, -0.1) is 0 Å². The third-order valence-electron chi connectivity index (χ3n) is 4.31. The van der Waals surface area contributed by atoms with Crippen LogP contribution in [0.3, 0.4) is 0 Å². The Kier molecular flexibility index (Phi) is 4.95. The number of pyridine rings is 1. The summed E-state index contributed by atoms with van der Waals surface area (Å²) in [5.41, 5.74) is 0.846. The first-order valence-electron chi connectivity index (χ1n) is 8.39. The zero-order chi connectivity index (χ0) is 16.1. The zero-order valence-corrected chi connectivity index (χ0v) is 13.5. The van der Waals surface area contributed by atoms with Crippen LogP contribution >= 0.6 is 0 Å².